The predicted octanol–water partition coefficient (Wildman–Crippen LogP) is 3.39. The number of hydrogen-bond acceptors (Lipinski definition) is 5. The maximum absolute atomic E-state index is 12.9. The normalized spacial score (nSPS) is 14.9. The molecule has 0 aliphatic heterocycles. The molecule has 3 aromatic rings. The standard InChI is InChI=1S/C20H21N5OS/c1-14(27-20-22-23-24-25(20)17-12-13-17)19(26)21-18(15-8-4-2-5-9-15)16-10-6-3-7-11-16/h2-11,14,17-18H,12-13H2,1H3,(H,21,26). The number of benzene rings is 2. The van der Waals surface area contributed by atoms with Gasteiger partial charge in [-0.25, -0.2) is 4.68 Å². The van der Waals surface area contributed by atoms with Crippen LogP contribution < -0.4 is 5.32 Å². The zero-order valence-corrected chi connectivity index (χ0v) is 15.8. The van der Waals surface area contributed by atoms with Crippen molar-refractivity contribution in [3.63, 3.8) is 0 Å². The average molecular weight is 379 g/mol. The second-order valence-electron chi connectivity index (χ2n) is 6.66. The van der Waals surface area contributed by atoms with Crippen molar-refractivity contribution < 1.29 is 4.79 Å². The van der Waals surface area contributed by atoms with Crippen LogP contribution in [0.3, 0.4) is 0 Å². The predicted molar refractivity (Wildman–Crippen MR) is 104 cm³/mol. The number of nitrogens with zero attached hydrogens (tertiary/aromatic N) is 4. The van der Waals surface area contributed by atoms with Gasteiger partial charge in [0, 0.05) is 0 Å². The number of amides is 1. The third-order valence-corrected chi connectivity index (χ3v) is 5.61. The average Bonchev–Trinajstić information content (AvgIpc) is 3.46. The molecule has 0 radical (unpaired) electrons. The van der Waals surface area contributed by atoms with Gasteiger partial charge in [-0.3, -0.25) is 4.79 Å². The van der Waals surface area contributed by atoms with Crippen LogP contribution >= 0.6 is 11.8 Å². The minimum atomic E-state index is -0.302. The van der Waals surface area contributed by atoms with E-state index in [1.165, 1.54) is 11.8 Å². The summed E-state index contributed by atoms with van der Waals surface area (Å²) in [5.74, 6) is -0.0388. The third kappa shape index (κ3) is 4.19. The summed E-state index contributed by atoms with van der Waals surface area (Å²) in [6, 6.07) is 20.2. The van der Waals surface area contributed by atoms with E-state index in [0.29, 0.717) is 11.2 Å². The Balaban J connectivity index is 1.50. The molecular weight excluding hydrogens is 358 g/mol. The Morgan fingerprint density at radius 3 is 2.22 bits per heavy atom. The summed E-state index contributed by atoms with van der Waals surface area (Å²) in [5, 5.41) is 15.5. The number of carbonyl (C=O) groups is 1. The second kappa shape index (κ2) is 7.92. The summed E-state index contributed by atoms with van der Waals surface area (Å²) in [5.41, 5.74) is 2.11. The molecule has 1 amide bonds. The molecule has 1 saturated carbocycles. The minimum Gasteiger partial charge on any atom is -0.344 e. The van der Waals surface area contributed by atoms with Crippen LogP contribution in [0.25, 0.3) is 0 Å². The zero-order valence-electron chi connectivity index (χ0n) is 15.0. The van der Waals surface area contributed by atoms with Crippen LogP contribution in [0.2, 0.25) is 0 Å². The van der Waals surface area contributed by atoms with Gasteiger partial charge in [-0.15, -0.1) is 5.10 Å². The maximum atomic E-state index is 12.9. The lowest BCUT2D eigenvalue weighted by molar-refractivity contribution is -0.120. The van der Waals surface area contributed by atoms with Gasteiger partial charge >= 0.3 is 0 Å². The molecule has 27 heavy (non-hydrogen) atoms. The maximum Gasteiger partial charge on any atom is 0.234 e. The first-order chi connectivity index (χ1) is 13.2. The molecule has 1 N–H and O–H groups in total. The highest BCUT2D eigenvalue weighted by molar-refractivity contribution is 8.00. The largest absolute Gasteiger partial charge is 0.344 e. The molecule has 1 aliphatic carbocycles. The van der Waals surface area contributed by atoms with Gasteiger partial charge in [-0.05, 0) is 41.3 Å². The number of tetrazole rings is 1. The van der Waals surface area contributed by atoms with Crippen molar-refractivity contribution in [1.29, 1.82) is 0 Å². The molecule has 7 heteroatoms. The molecule has 138 valence electrons. The van der Waals surface area contributed by atoms with Gasteiger partial charge in [0.05, 0.1) is 17.3 Å². The molecule has 0 saturated heterocycles. The number of aromatic nitrogens is 4. The highest BCUT2D eigenvalue weighted by Gasteiger charge is 2.30. The van der Waals surface area contributed by atoms with Crippen LogP contribution in [0.15, 0.2) is 65.8 Å². The van der Waals surface area contributed by atoms with E-state index in [1.807, 2.05) is 72.3 Å². The lowest BCUT2D eigenvalue weighted by Crippen LogP contribution is -2.35. The minimum absolute atomic E-state index is 0.0388. The van der Waals surface area contributed by atoms with Crippen molar-refractivity contribution in [3.8, 4) is 0 Å². The van der Waals surface area contributed by atoms with Gasteiger partial charge < -0.3 is 5.32 Å². The van der Waals surface area contributed by atoms with Crippen LogP contribution in [0, 0.1) is 0 Å². The van der Waals surface area contributed by atoms with Crippen LogP contribution in [-0.4, -0.2) is 31.4 Å². The summed E-state index contributed by atoms with van der Waals surface area (Å²) in [6.45, 7) is 1.89. The molecule has 1 fully saturated rings. The van der Waals surface area contributed by atoms with Crippen LogP contribution in [0.1, 0.15) is 43.0 Å². The quantitative estimate of drug-likeness (QED) is 0.637. The first-order valence-electron chi connectivity index (χ1n) is 9.07. The topological polar surface area (TPSA) is 72.7 Å². The van der Waals surface area contributed by atoms with Gasteiger partial charge in [-0.1, -0.05) is 72.4 Å². The fraction of sp³-hybridized carbons (Fsp3) is 0.300. The molecule has 0 spiro atoms. The molecule has 6 nitrogen and oxygen atoms in total. The SMILES string of the molecule is CC(Sc1nnnn1C1CC1)C(=O)NC(c1ccccc1)c1ccccc1. The Kier molecular flexibility index (Phi) is 5.20. The van der Waals surface area contributed by atoms with Gasteiger partial charge in [-0.2, -0.15) is 0 Å². The van der Waals surface area contributed by atoms with E-state index in [-0.39, 0.29) is 17.2 Å². The fourth-order valence-electron chi connectivity index (χ4n) is 2.93. The van der Waals surface area contributed by atoms with Gasteiger partial charge in [0.2, 0.25) is 11.1 Å². The zero-order chi connectivity index (χ0) is 18.6. The van der Waals surface area contributed by atoms with E-state index in [0.717, 1.165) is 24.0 Å². The molecule has 0 bridgehead atoms. The van der Waals surface area contributed by atoms with Gasteiger partial charge in [0.1, 0.15) is 0 Å². The summed E-state index contributed by atoms with van der Waals surface area (Å²) in [4.78, 5) is 12.9. The molecule has 1 aromatic heterocycles. The van der Waals surface area contributed by atoms with Gasteiger partial charge in [0.25, 0.3) is 0 Å². The van der Waals surface area contributed by atoms with Crippen LogP contribution in [0.4, 0.5) is 0 Å². The molecule has 1 aliphatic rings. The monoisotopic (exact) mass is 379 g/mol. The van der Waals surface area contributed by atoms with Crippen molar-refractivity contribution in [1.82, 2.24) is 25.5 Å². The number of carbonyl (C=O) groups excluding carboxylic acids is 1. The van der Waals surface area contributed by atoms with Crippen molar-refractivity contribution in [2.24, 2.45) is 0 Å². The van der Waals surface area contributed by atoms with Crippen LogP contribution in [-0.2, 0) is 4.79 Å². The molecular formula is C20H21N5OS. The van der Waals surface area contributed by atoms with E-state index in [1.54, 1.807) is 0 Å². The highest BCUT2D eigenvalue weighted by atomic mass is 32.2. The number of rotatable bonds is 7. The molecule has 4 rings (SSSR count). The first-order valence-corrected chi connectivity index (χ1v) is 9.95. The van der Waals surface area contributed by atoms with E-state index in [9.17, 15) is 4.79 Å². The van der Waals surface area contributed by atoms with E-state index < -0.39 is 0 Å². The Labute approximate surface area is 162 Å². The van der Waals surface area contributed by atoms with Crippen LogP contribution in [0.5, 0.6) is 0 Å². The summed E-state index contributed by atoms with van der Waals surface area (Å²) < 4.78 is 1.83. The highest BCUT2D eigenvalue weighted by Crippen LogP contribution is 2.37. The van der Waals surface area contributed by atoms with Crippen molar-refractivity contribution >= 4 is 17.7 Å². The Bertz CT molecular complexity index is 856. The van der Waals surface area contributed by atoms with E-state index >= 15 is 0 Å². The summed E-state index contributed by atoms with van der Waals surface area (Å²) in [7, 11) is 0. The smallest absolute Gasteiger partial charge is 0.234 e. The van der Waals surface area contributed by atoms with Crippen molar-refractivity contribution in [2.45, 2.75) is 42.3 Å². The van der Waals surface area contributed by atoms with Gasteiger partial charge in [0.15, 0.2) is 0 Å². The van der Waals surface area contributed by atoms with Crippen molar-refractivity contribution in [2.75, 3.05) is 0 Å². The lowest BCUT2D eigenvalue weighted by atomic mass is 9.98. The third-order valence-electron chi connectivity index (χ3n) is 4.56. The van der Waals surface area contributed by atoms with Crippen molar-refractivity contribution in [3.05, 3.63) is 71.8 Å². The second-order valence-corrected chi connectivity index (χ2v) is 7.97. The lowest BCUT2D eigenvalue weighted by Gasteiger charge is -2.22. The number of nitrogens with one attached hydrogen (secondary N) is 1. The number of hydrogen-bond donors (Lipinski definition) is 1. The molecule has 1 atom stereocenters. The molecule has 2 aromatic carbocycles. The Morgan fingerprint density at radius 2 is 1.67 bits per heavy atom. The Hall–Kier alpha value is -2.67. The first kappa shape index (κ1) is 17.7. The van der Waals surface area contributed by atoms with E-state index in [2.05, 4.69) is 20.8 Å². The molecule has 1 heterocycles. The Morgan fingerprint density at radius 1 is 1.07 bits per heavy atom. The van der Waals surface area contributed by atoms with E-state index in [4.69, 9.17) is 0 Å². The summed E-state index contributed by atoms with van der Waals surface area (Å²) in [6.07, 6.45) is 2.20. The number of thioether (sulfide) groups is 1. The summed E-state index contributed by atoms with van der Waals surface area (Å²) >= 11 is 1.40. The fourth-order valence-corrected chi connectivity index (χ4v) is 3.80. The molecule has 1 unspecified atom stereocenters.